The number of rotatable bonds is 9. The summed E-state index contributed by atoms with van der Waals surface area (Å²) in [4.78, 5) is 2.23. The Hall–Kier alpha value is -2.04. The van der Waals surface area contributed by atoms with Crippen molar-refractivity contribution < 1.29 is 9.84 Å². The van der Waals surface area contributed by atoms with Gasteiger partial charge in [0.25, 0.3) is 0 Å². The number of hydrogen-bond acceptors (Lipinski definition) is 3. The van der Waals surface area contributed by atoms with E-state index in [1.165, 1.54) is 11.1 Å². The molecule has 0 radical (unpaired) electrons. The third kappa shape index (κ3) is 7.17. The summed E-state index contributed by atoms with van der Waals surface area (Å²) in [6.45, 7) is 2.23. The maximum absolute atomic E-state index is 10.5. The molecule has 0 aliphatic rings. The predicted molar refractivity (Wildman–Crippen MR) is 117 cm³/mol. The zero-order valence-electron chi connectivity index (χ0n) is 15.6. The van der Waals surface area contributed by atoms with Crippen molar-refractivity contribution in [2.24, 2.45) is 0 Å². The second-order valence-corrected chi connectivity index (χ2v) is 6.94. The number of ether oxygens (including phenoxy) is 1. The van der Waals surface area contributed by atoms with Crippen LogP contribution in [0.2, 0.25) is 5.02 Å². The van der Waals surface area contributed by atoms with Crippen molar-refractivity contribution >= 4 is 24.0 Å². The zero-order chi connectivity index (χ0) is 18.9. The molecule has 0 saturated heterocycles. The average molecular weight is 418 g/mol. The standard InChI is InChI=1S/C23H24ClNO2.ClH/c24-22-13-7-8-14-23(22)27-18-21(26)17-25(15-19-9-3-1-4-10-19)16-20-11-5-2-6-12-20;/h1-14,21,26H,15-18H2;1H. The first-order valence-corrected chi connectivity index (χ1v) is 9.44. The lowest BCUT2D eigenvalue weighted by molar-refractivity contribution is 0.0629. The minimum Gasteiger partial charge on any atom is -0.489 e. The van der Waals surface area contributed by atoms with Gasteiger partial charge >= 0.3 is 0 Å². The number of halogens is 2. The summed E-state index contributed by atoms with van der Waals surface area (Å²) in [6.07, 6.45) is -0.617. The molecule has 1 atom stereocenters. The molecule has 3 aromatic rings. The molecule has 0 heterocycles. The summed E-state index contributed by atoms with van der Waals surface area (Å²) < 4.78 is 5.69. The summed E-state index contributed by atoms with van der Waals surface area (Å²) in [5, 5.41) is 11.1. The molecule has 1 N–H and O–H groups in total. The smallest absolute Gasteiger partial charge is 0.138 e. The van der Waals surface area contributed by atoms with Crippen LogP contribution in [0.1, 0.15) is 11.1 Å². The van der Waals surface area contributed by atoms with E-state index in [2.05, 4.69) is 29.2 Å². The molecule has 148 valence electrons. The molecule has 0 saturated carbocycles. The Labute approximate surface area is 177 Å². The molecule has 0 amide bonds. The van der Waals surface area contributed by atoms with E-state index in [4.69, 9.17) is 16.3 Å². The second kappa shape index (κ2) is 11.7. The Kier molecular flexibility index (Phi) is 9.32. The molecular weight excluding hydrogens is 393 g/mol. The molecule has 0 fully saturated rings. The number of benzene rings is 3. The van der Waals surface area contributed by atoms with E-state index in [0.717, 1.165) is 13.1 Å². The monoisotopic (exact) mass is 417 g/mol. The van der Waals surface area contributed by atoms with Crippen molar-refractivity contribution in [2.45, 2.75) is 19.2 Å². The summed E-state index contributed by atoms with van der Waals surface area (Å²) in [5.74, 6) is 0.593. The van der Waals surface area contributed by atoms with Crippen molar-refractivity contribution in [3.8, 4) is 5.75 Å². The van der Waals surface area contributed by atoms with Crippen molar-refractivity contribution in [2.75, 3.05) is 13.2 Å². The van der Waals surface area contributed by atoms with Crippen LogP contribution in [0.5, 0.6) is 5.75 Å². The maximum Gasteiger partial charge on any atom is 0.138 e. The van der Waals surface area contributed by atoms with Gasteiger partial charge in [-0.3, -0.25) is 4.90 Å². The predicted octanol–water partition coefficient (Wildman–Crippen LogP) is 5.20. The van der Waals surface area contributed by atoms with Crippen molar-refractivity contribution in [1.29, 1.82) is 0 Å². The third-order valence-corrected chi connectivity index (χ3v) is 4.55. The third-order valence-electron chi connectivity index (χ3n) is 4.23. The number of aliphatic hydroxyl groups excluding tert-OH is 1. The molecule has 5 heteroatoms. The van der Waals surface area contributed by atoms with Crippen LogP contribution < -0.4 is 4.74 Å². The summed E-state index contributed by atoms with van der Waals surface area (Å²) in [6, 6.07) is 27.9. The molecule has 0 aromatic heterocycles. The van der Waals surface area contributed by atoms with Gasteiger partial charge in [-0.05, 0) is 23.3 Å². The Morgan fingerprint density at radius 2 is 1.29 bits per heavy atom. The fourth-order valence-electron chi connectivity index (χ4n) is 2.97. The maximum atomic E-state index is 10.5. The van der Waals surface area contributed by atoms with Gasteiger partial charge in [0.2, 0.25) is 0 Å². The topological polar surface area (TPSA) is 32.7 Å². The van der Waals surface area contributed by atoms with E-state index < -0.39 is 6.10 Å². The van der Waals surface area contributed by atoms with Crippen LogP contribution in [-0.4, -0.2) is 29.3 Å². The van der Waals surface area contributed by atoms with Gasteiger partial charge in [-0.1, -0.05) is 84.4 Å². The van der Waals surface area contributed by atoms with Gasteiger partial charge < -0.3 is 9.84 Å². The van der Waals surface area contributed by atoms with E-state index in [9.17, 15) is 5.11 Å². The second-order valence-electron chi connectivity index (χ2n) is 6.54. The first-order valence-electron chi connectivity index (χ1n) is 9.06. The highest BCUT2D eigenvalue weighted by molar-refractivity contribution is 6.32. The van der Waals surface area contributed by atoms with Gasteiger partial charge in [0.05, 0.1) is 5.02 Å². The van der Waals surface area contributed by atoms with E-state index >= 15 is 0 Å². The minimum atomic E-state index is -0.617. The van der Waals surface area contributed by atoms with Gasteiger partial charge in [0.15, 0.2) is 0 Å². The molecule has 28 heavy (non-hydrogen) atoms. The number of para-hydroxylation sites is 1. The molecule has 0 aliphatic carbocycles. The largest absolute Gasteiger partial charge is 0.489 e. The fraction of sp³-hybridized carbons (Fsp3) is 0.217. The Balaban J connectivity index is 0.00000280. The Morgan fingerprint density at radius 1 is 0.786 bits per heavy atom. The van der Waals surface area contributed by atoms with E-state index in [1.807, 2.05) is 48.5 Å². The molecule has 3 aromatic carbocycles. The summed E-state index contributed by atoms with van der Waals surface area (Å²) >= 11 is 6.11. The molecule has 0 aliphatic heterocycles. The molecule has 1 unspecified atom stereocenters. The van der Waals surface area contributed by atoms with Gasteiger partial charge in [-0.15, -0.1) is 12.4 Å². The first kappa shape index (κ1) is 22.3. The highest BCUT2D eigenvalue weighted by atomic mass is 35.5. The highest BCUT2D eigenvalue weighted by Crippen LogP contribution is 2.23. The Bertz CT molecular complexity index is 774. The van der Waals surface area contributed by atoms with Crippen LogP contribution in [0.25, 0.3) is 0 Å². The van der Waals surface area contributed by atoms with Crippen LogP contribution in [0.15, 0.2) is 84.9 Å². The fourth-order valence-corrected chi connectivity index (χ4v) is 3.16. The van der Waals surface area contributed by atoms with E-state index in [0.29, 0.717) is 17.3 Å². The SMILES string of the molecule is Cl.OC(COc1ccccc1Cl)CN(Cc1ccccc1)Cc1ccccc1. The number of hydrogen-bond donors (Lipinski definition) is 1. The quantitative estimate of drug-likeness (QED) is 0.518. The van der Waals surface area contributed by atoms with Crippen LogP contribution >= 0.6 is 24.0 Å². The number of aliphatic hydroxyl groups is 1. The van der Waals surface area contributed by atoms with Crippen LogP contribution in [-0.2, 0) is 13.1 Å². The van der Waals surface area contributed by atoms with Crippen LogP contribution in [0.4, 0.5) is 0 Å². The molecular formula is C23H25Cl2NO2. The first-order chi connectivity index (χ1) is 13.2. The molecule has 3 nitrogen and oxygen atoms in total. The summed E-state index contributed by atoms with van der Waals surface area (Å²) in [7, 11) is 0. The molecule has 0 spiro atoms. The summed E-state index contributed by atoms with van der Waals surface area (Å²) in [5.41, 5.74) is 2.43. The van der Waals surface area contributed by atoms with Gasteiger partial charge in [0.1, 0.15) is 18.5 Å². The van der Waals surface area contributed by atoms with Crippen molar-refractivity contribution in [3.05, 3.63) is 101 Å². The van der Waals surface area contributed by atoms with E-state index in [-0.39, 0.29) is 19.0 Å². The lowest BCUT2D eigenvalue weighted by Crippen LogP contribution is -2.35. The van der Waals surface area contributed by atoms with Gasteiger partial charge in [0, 0.05) is 19.6 Å². The molecule has 3 rings (SSSR count). The number of nitrogens with zero attached hydrogens (tertiary/aromatic N) is 1. The van der Waals surface area contributed by atoms with Crippen LogP contribution in [0.3, 0.4) is 0 Å². The minimum absolute atomic E-state index is 0. The lowest BCUT2D eigenvalue weighted by Gasteiger charge is -2.25. The van der Waals surface area contributed by atoms with Gasteiger partial charge in [-0.2, -0.15) is 0 Å². The van der Waals surface area contributed by atoms with Gasteiger partial charge in [-0.25, -0.2) is 0 Å². The molecule has 0 bridgehead atoms. The zero-order valence-corrected chi connectivity index (χ0v) is 17.1. The highest BCUT2D eigenvalue weighted by Gasteiger charge is 2.14. The Morgan fingerprint density at radius 3 is 1.82 bits per heavy atom. The average Bonchev–Trinajstić information content (AvgIpc) is 2.69. The normalized spacial score (nSPS) is 11.7. The lowest BCUT2D eigenvalue weighted by atomic mass is 10.1. The van der Waals surface area contributed by atoms with E-state index in [1.54, 1.807) is 12.1 Å². The van der Waals surface area contributed by atoms with Crippen molar-refractivity contribution in [3.63, 3.8) is 0 Å². The van der Waals surface area contributed by atoms with Crippen molar-refractivity contribution in [1.82, 2.24) is 4.90 Å². The van der Waals surface area contributed by atoms with Crippen LogP contribution in [0, 0.1) is 0 Å².